The Bertz CT molecular complexity index is 2010. The molecule has 0 aromatic heterocycles. The van der Waals surface area contributed by atoms with Gasteiger partial charge < -0.3 is 9.47 Å². The molecule has 0 spiro atoms. The Morgan fingerprint density at radius 2 is 1.02 bits per heavy atom. The van der Waals surface area contributed by atoms with Gasteiger partial charge in [0.1, 0.15) is 11.5 Å². The highest BCUT2D eigenvalue weighted by atomic mass is 16.5. The van der Waals surface area contributed by atoms with E-state index in [9.17, 15) is 0 Å². The molecule has 2 heteroatoms. The van der Waals surface area contributed by atoms with Crippen LogP contribution in [0.5, 0.6) is 11.5 Å². The van der Waals surface area contributed by atoms with Crippen molar-refractivity contribution in [3.05, 3.63) is 142 Å². The summed E-state index contributed by atoms with van der Waals surface area (Å²) in [5.41, 5.74) is 16.1. The van der Waals surface area contributed by atoms with Crippen molar-refractivity contribution in [3.8, 4) is 33.8 Å². The van der Waals surface area contributed by atoms with Gasteiger partial charge in [0.2, 0.25) is 0 Å². The summed E-state index contributed by atoms with van der Waals surface area (Å²) in [6.07, 6.45) is 18.2. The van der Waals surface area contributed by atoms with Crippen LogP contribution in [0.2, 0.25) is 0 Å². The molecule has 5 aromatic rings. The summed E-state index contributed by atoms with van der Waals surface area (Å²) < 4.78 is 12.3. The minimum atomic E-state index is -0.502. The molecular formula is C53H62O2. The van der Waals surface area contributed by atoms with Crippen LogP contribution >= 0.6 is 0 Å². The lowest BCUT2D eigenvalue weighted by Crippen LogP contribution is -2.28. The zero-order valence-corrected chi connectivity index (χ0v) is 34.0. The van der Waals surface area contributed by atoms with E-state index in [1.165, 1.54) is 133 Å². The second-order valence-corrected chi connectivity index (χ2v) is 17.2. The van der Waals surface area contributed by atoms with Crippen LogP contribution in [0.1, 0.15) is 135 Å². The van der Waals surface area contributed by atoms with Gasteiger partial charge in [0.15, 0.2) is 0 Å². The summed E-state index contributed by atoms with van der Waals surface area (Å²) in [5.74, 6) is 3.44. The third-order valence-corrected chi connectivity index (χ3v) is 13.2. The summed E-state index contributed by atoms with van der Waals surface area (Å²) in [6.45, 7) is 10.4. The maximum absolute atomic E-state index is 6.13. The summed E-state index contributed by atoms with van der Waals surface area (Å²) >= 11 is 0. The molecule has 0 atom stereocenters. The lowest BCUT2D eigenvalue weighted by atomic mass is 9.67. The summed E-state index contributed by atoms with van der Waals surface area (Å²) in [7, 11) is 0. The van der Waals surface area contributed by atoms with Crippen molar-refractivity contribution < 1.29 is 9.47 Å². The molecule has 0 heterocycles. The van der Waals surface area contributed by atoms with Crippen LogP contribution in [0.15, 0.2) is 97.1 Å². The summed E-state index contributed by atoms with van der Waals surface area (Å²) in [4.78, 5) is 0. The van der Waals surface area contributed by atoms with Crippen molar-refractivity contribution in [2.75, 3.05) is 13.2 Å². The maximum Gasteiger partial charge on any atom is 0.119 e. The van der Waals surface area contributed by atoms with Gasteiger partial charge in [-0.15, -0.1) is 0 Å². The standard InChI is InChI=1S/C53H62O2/c1-5-29-54-46-23-19-44(20-24-46)53(45-21-25-47(26-22-45)55-30-6-2)51-31-37(3)17-27-48(51)49-28-18-41(36-52(49)53)50-35-42(33-39-13-9-7-10-14-39)38(4)32-43(50)34-40-15-11-8-12-16-40/h17-28,31-32,35-36,39-40H,5-16,29-30,33-34H2,1-4H3. The normalized spacial score (nSPS) is 16.8. The van der Waals surface area contributed by atoms with Gasteiger partial charge >= 0.3 is 0 Å². The molecule has 0 bridgehead atoms. The third kappa shape index (κ3) is 7.64. The number of hydrogen-bond acceptors (Lipinski definition) is 2. The molecule has 0 unspecified atom stereocenters. The van der Waals surface area contributed by atoms with Gasteiger partial charge in [0, 0.05) is 0 Å². The summed E-state index contributed by atoms with van der Waals surface area (Å²) in [6, 6.07) is 37.8. The molecule has 0 aliphatic heterocycles. The van der Waals surface area contributed by atoms with E-state index >= 15 is 0 Å². The van der Waals surface area contributed by atoms with Crippen molar-refractivity contribution in [2.45, 2.75) is 123 Å². The van der Waals surface area contributed by atoms with E-state index in [2.05, 4.69) is 125 Å². The van der Waals surface area contributed by atoms with Crippen molar-refractivity contribution >= 4 is 0 Å². The van der Waals surface area contributed by atoms with Crippen molar-refractivity contribution in [2.24, 2.45) is 11.8 Å². The molecule has 0 saturated heterocycles. The van der Waals surface area contributed by atoms with Crippen molar-refractivity contribution in [1.29, 1.82) is 0 Å². The second-order valence-electron chi connectivity index (χ2n) is 17.2. The molecule has 3 aliphatic carbocycles. The number of aryl methyl sites for hydroxylation is 2. The van der Waals surface area contributed by atoms with Crippen LogP contribution in [0, 0.1) is 25.7 Å². The highest BCUT2D eigenvalue weighted by Crippen LogP contribution is 2.57. The number of benzene rings is 5. The van der Waals surface area contributed by atoms with Gasteiger partial charge in [-0.3, -0.25) is 0 Å². The van der Waals surface area contributed by atoms with Crippen LogP contribution in [0.4, 0.5) is 0 Å². The van der Waals surface area contributed by atoms with Crippen LogP contribution < -0.4 is 9.47 Å². The minimum Gasteiger partial charge on any atom is -0.494 e. The number of fused-ring (bicyclic) bond motifs is 3. The monoisotopic (exact) mass is 730 g/mol. The third-order valence-electron chi connectivity index (χ3n) is 13.2. The van der Waals surface area contributed by atoms with Gasteiger partial charge in [0.05, 0.1) is 18.6 Å². The van der Waals surface area contributed by atoms with Crippen LogP contribution in [-0.4, -0.2) is 13.2 Å². The highest BCUT2D eigenvalue weighted by molar-refractivity contribution is 5.89. The molecule has 2 fully saturated rings. The summed E-state index contributed by atoms with van der Waals surface area (Å²) in [5, 5.41) is 0. The zero-order chi connectivity index (χ0) is 37.8. The first-order chi connectivity index (χ1) is 27.0. The second kappa shape index (κ2) is 16.8. The van der Waals surface area contributed by atoms with Gasteiger partial charge in [0.25, 0.3) is 0 Å². The van der Waals surface area contributed by atoms with Crippen molar-refractivity contribution in [1.82, 2.24) is 0 Å². The predicted molar refractivity (Wildman–Crippen MR) is 231 cm³/mol. The molecule has 55 heavy (non-hydrogen) atoms. The Balaban J connectivity index is 1.32. The first kappa shape index (κ1) is 37.6. The van der Waals surface area contributed by atoms with Gasteiger partial charge in [-0.05, 0) is 143 Å². The fourth-order valence-corrected chi connectivity index (χ4v) is 10.3. The number of hydrogen-bond donors (Lipinski definition) is 0. The average molecular weight is 731 g/mol. The van der Waals surface area contributed by atoms with E-state index in [1.807, 2.05) is 0 Å². The molecule has 0 N–H and O–H groups in total. The molecule has 286 valence electrons. The van der Waals surface area contributed by atoms with Crippen molar-refractivity contribution in [3.63, 3.8) is 0 Å². The maximum atomic E-state index is 6.13. The SMILES string of the molecule is CCCOc1ccc(C2(c3ccc(OCCC)cc3)c3cc(C)ccc3-c3ccc(-c4cc(CC5CCCCC5)c(C)cc4CC4CCCCC4)cc32)cc1. The first-order valence-electron chi connectivity index (χ1n) is 21.8. The Labute approximate surface area is 331 Å². The van der Waals surface area contributed by atoms with E-state index in [1.54, 1.807) is 11.1 Å². The minimum absolute atomic E-state index is 0.502. The Morgan fingerprint density at radius 1 is 0.509 bits per heavy atom. The van der Waals surface area contributed by atoms with E-state index in [0.717, 1.165) is 49.4 Å². The Kier molecular flexibility index (Phi) is 11.5. The van der Waals surface area contributed by atoms with E-state index in [4.69, 9.17) is 9.47 Å². The van der Waals surface area contributed by atoms with E-state index in [0.29, 0.717) is 0 Å². The fourth-order valence-electron chi connectivity index (χ4n) is 10.3. The molecule has 2 saturated carbocycles. The molecular weight excluding hydrogens is 669 g/mol. The molecule has 3 aliphatic rings. The lowest BCUT2D eigenvalue weighted by Gasteiger charge is -2.34. The van der Waals surface area contributed by atoms with Crippen LogP contribution in [0.3, 0.4) is 0 Å². The highest BCUT2D eigenvalue weighted by Gasteiger charge is 2.46. The van der Waals surface area contributed by atoms with Gasteiger partial charge in [-0.1, -0.05) is 150 Å². The van der Waals surface area contributed by atoms with E-state index < -0.39 is 5.41 Å². The number of rotatable bonds is 13. The Morgan fingerprint density at radius 3 is 1.56 bits per heavy atom. The molecule has 0 radical (unpaired) electrons. The van der Waals surface area contributed by atoms with Gasteiger partial charge in [-0.2, -0.15) is 0 Å². The largest absolute Gasteiger partial charge is 0.494 e. The fraction of sp³-hybridized carbons (Fsp3) is 0.434. The van der Waals surface area contributed by atoms with Crippen LogP contribution in [-0.2, 0) is 18.3 Å². The Hall–Kier alpha value is -4.30. The predicted octanol–water partition coefficient (Wildman–Crippen LogP) is 14.2. The lowest BCUT2D eigenvalue weighted by molar-refractivity contribution is 0.317. The first-order valence-corrected chi connectivity index (χ1v) is 21.8. The smallest absolute Gasteiger partial charge is 0.119 e. The molecule has 2 nitrogen and oxygen atoms in total. The van der Waals surface area contributed by atoms with Crippen LogP contribution in [0.25, 0.3) is 22.3 Å². The van der Waals surface area contributed by atoms with Gasteiger partial charge in [-0.25, -0.2) is 0 Å². The molecule has 5 aromatic carbocycles. The molecule has 0 amide bonds. The average Bonchev–Trinajstić information content (AvgIpc) is 3.50. The zero-order valence-electron chi connectivity index (χ0n) is 34.0. The quantitative estimate of drug-likeness (QED) is 0.118. The topological polar surface area (TPSA) is 18.5 Å². The molecule has 8 rings (SSSR count). The number of ether oxygens (including phenoxy) is 2. The van der Waals surface area contributed by atoms with E-state index in [-0.39, 0.29) is 0 Å².